The van der Waals surface area contributed by atoms with Crippen molar-refractivity contribution in [2.75, 3.05) is 5.73 Å². The second kappa shape index (κ2) is 9.01. The Bertz CT molecular complexity index is 1270. The number of anilines is 1. The van der Waals surface area contributed by atoms with Crippen LogP contribution in [0.25, 0.3) is 0 Å². The second-order valence-electron chi connectivity index (χ2n) is 6.10. The summed E-state index contributed by atoms with van der Waals surface area (Å²) in [4.78, 5) is 18.0. The van der Waals surface area contributed by atoms with Gasteiger partial charge in [-0.2, -0.15) is 0 Å². The van der Waals surface area contributed by atoms with Gasteiger partial charge in [0.05, 0.1) is 4.47 Å². The van der Waals surface area contributed by atoms with Crippen molar-refractivity contribution >= 4 is 60.7 Å². The Balaban J connectivity index is 1.81. The lowest BCUT2D eigenvalue weighted by atomic mass is 10.2. The Morgan fingerprint density at radius 2 is 2.00 bits per heavy atom. The minimum absolute atomic E-state index is 0.0693. The number of primary sulfonamides is 1. The Kier molecular flexibility index (Phi) is 6.76. The summed E-state index contributed by atoms with van der Waals surface area (Å²) in [5.41, 5.74) is 5.71. The third-order valence-corrected chi connectivity index (χ3v) is 5.65. The molecule has 2 aromatic carbocycles. The summed E-state index contributed by atoms with van der Waals surface area (Å²) in [5, 5.41) is 6.64. The number of H-pyrrole nitrogens is 1. The van der Waals surface area contributed by atoms with Gasteiger partial charge >= 0.3 is 0 Å². The number of nitrogen functional groups attached to an aromatic ring is 1. The van der Waals surface area contributed by atoms with Gasteiger partial charge in [0.15, 0.2) is 17.3 Å². The highest BCUT2D eigenvalue weighted by Crippen LogP contribution is 2.35. The Labute approximate surface area is 194 Å². The first-order valence-corrected chi connectivity index (χ1v) is 11.3. The average Bonchev–Trinajstić information content (AvgIpc) is 3.06. The number of sulfonamides is 1. The molecule has 3 aromatic rings. The molecule has 0 saturated heterocycles. The Hall–Kier alpha value is -2.38. The summed E-state index contributed by atoms with van der Waals surface area (Å²) in [6.45, 7) is -0.278. The zero-order chi connectivity index (χ0) is 22.9. The summed E-state index contributed by atoms with van der Waals surface area (Å²) in [7, 11) is -4.19. The van der Waals surface area contributed by atoms with Crippen LogP contribution in [-0.2, 0) is 16.6 Å². The smallest absolute Gasteiger partial charge is 0.273 e. The van der Waals surface area contributed by atoms with Crippen molar-refractivity contribution in [1.29, 1.82) is 0 Å². The van der Waals surface area contributed by atoms with Gasteiger partial charge in [-0.1, -0.05) is 29.3 Å². The fourth-order valence-corrected chi connectivity index (χ4v) is 3.80. The van der Waals surface area contributed by atoms with E-state index < -0.39 is 32.6 Å². The number of nitrogens with two attached hydrogens (primary N) is 2. The predicted octanol–water partition coefficient (Wildman–Crippen LogP) is 3.57. The van der Waals surface area contributed by atoms with Crippen LogP contribution in [0.2, 0.25) is 10.2 Å². The maximum atomic E-state index is 15.0. The van der Waals surface area contributed by atoms with E-state index in [0.29, 0.717) is 15.2 Å². The molecule has 0 aliphatic rings. The number of aromatic amines is 1. The van der Waals surface area contributed by atoms with Crippen molar-refractivity contribution in [2.45, 2.75) is 11.7 Å². The zero-order valence-corrected chi connectivity index (χ0v) is 19.2. The molecule has 3 rings (SSSR count). The molecule has 0 aliphatic carbocycles. The van der Waals surface area contributed by atoms with Gasteiger partial charge < -0.3 is 20.8 Å². The van der Waals surface area contributed by atoms with Crippen LogP contribution in [0.3, 0.4) is 0 Å². The molecule has 0 aliphatic heterocycles. The first kappa shape index (κ1) is 23.3. The van der Waals surface area contributed by atoms with Gasteiger partial charge in [0.2, 0.25) is 5.16 Å². The molecule has 14 heteroatoms. The molecular weight excluding hydrogens is 540 g/mol. The number of halogens is 4. The lowest BCUT2D eigenvalue weighted by Gasteiger charge is -2.13. The van der Waals surface area contributed by atoms with Crippen molar-refractivity contribution < 1.29 is 22.3 Å². The number of imidazole rings is 1. The van der Waals surface area contributed by atoms with Crippen LogP contribution in [-0.4, -0.2) is 24.3 Å². The van der Waals surface area contributed by atoms with Gasteiger partial charge in [0, 0.05) is 28.9 Å². The van der Waals surface area contributed by atoms with E-state index in [1.807, 2.05) is 0 Å². The van der Waals surface area contributed by atoms with E-state index in [4.69, 9.17) is 38.8 Å². The molecule has 0 bridgehead atoms. The SMILES string of the molecule is Nc1cc(Cl)cc(Oc2c(Br)ccc(CNC(=O)c3nc(S(N)(=O)=O)[nH]c3Cl)c2F)c1. The van der Waals surface area contributed by atoms with Gasteiger partial charge in [-0.3, -0.25) is 4.79 Å². The number of carbonyl (C=O) groups is 1. The average molecular weight is 553 g/mol. The molecule has 1 heterocycles. The molecule has 1 amide bonds. The summed E-state index contributed by atoms with van der Waals surface area (Å²) in [6, 6.07) is 7.37. The van der Waals surface area contributed by atoms with Crippen molar-refractivity contribution in [1.82, 2.24) is 15.3 Å². The number of carbonyl (C=O) groups excluding carboxylic acids is 1. The lowest BCUT2D eigenvalue weighted by Crippen LogP contribution is -2.24. The minimum Gasteiger partial charge on any atom is -0.453 e. The first-order valence-electron chi connectivity index (χ1n) is 8.23. The van der Waals surface area contributed by atoms with Crippen LogP contribution in [0.1, 0.15) is 16.1 Å². The number of ether oxygens (including phenoxy) is 1. The van der Waals surface area contributed by atoms with Crippen LogP contribution < -0.4 is 20.9 Å². The molecule has 31 heavy (non-hydrogen) atoms. The number of nitrogens with one attached hydrogen (secondary N) is 2. The third-order valence-electron chi connectivity index (χ3n) is 3.80. The highest BCUT2D eigenvalue weighted by molar-refractivity contribution is 9.10. The molecule has 6 N–H and O–H groups in total. The largest absolute Gasteiger partial charge is 0.453 e. The van der Waals surface area contributed by atoms with E-state index >= 15 is 0 Å². The quantitative estimate of drug-likeness (QED) is 0.343. The van der Waals surface area contributed by atoms with Gasteiger partial charge in [-0.05, 0) is 34.1 Å². The van der Waals surface area contributed by atoms with Gasteiger partial charge in [-0.25, -0.2) is 22.9 Å². The molecule has 1 aromatic heterocycles. The monoisotopic (exact) mass is 551 g/mol. The van der Waals surface area contributed by atoms with Crippen LogP contribution in [0.4, 0.5) is 10.1 Å². The molecule has 9 nitrogen and oxygen atoms in total. The molecule has 164 valence electrons. The molecule has 0 atom stereocenters. The maximum absolute atomic E-state index is 15.0. The van der Waals surface area contributed by atoms with Crippen LogP contribution in [0.5, 0.6) is 11.5 Å². The van der Waals surface area contributed by atoms with Crippen LogP contribution >= 0.6 is 39.1 Å². The molecule has 0 saturated carbocycles. The number of hydrogen-bond acceptors (Lipinski definition) is 6. The fourth-order valence-electron chi connectivity index (χ4n) is 2.44. The summed E-state index contributed by atoms with van der Waals surface area (Å²) >= 11 is 14.9. The number of amides is 1. The van der Waals surface area contributed by atoms with E-state index in [2.05, 4.69) is 31.2 Å². The minimum atomic E-state index is -4.19. The van der Waals surface area contributed by atoms with Crippen LogP contribution in [0, 0.1) is 5.82 Å². The van der Waals surface area contributed by atoms with Crippen molar-refractivity contribution in [3.05, 3.63) is 62.1 Å². The molecule has 0 spiro atoms. The standard InChI is InChI=1S/C17H13BrCl2FN5O4S/c18-11-2-1-7(12(21)14(11)30-10-4-8(19)3-9(22)5-10)6-24-16(27)13-15(20)26-17(25-13)31(23,28)29/h1-5H,6,22H2,(H,24,27)(H,25,26)(H2,23,28,29). The topological polar surface area (TPSA) is 153 Å². The van der Waals surface area contributed by atoms with Gasteiger partial charge in [-0.15, -0.1) is 0 Å². The zero-order valence-electron chi connectivity index (χ0n) is 15.2. The maximum Gasteiger partial charge on any atom is 0.273 e. The molecular formula is C17H13BrCl2FN5O4S. The fraction of sp³-hybridized carbons (Fsp3) is 0.0588. The summed E-state index contributed by atoms with van der Waals surface area (Å²) in [5.74, 6) is -1.54. The molecule has 0 radical (unpaired) electrons. The predicted molar refractivity (Wildman–Crippen MR) is 116 cm³/mol. The molecule has 0 fully saturated rings. The van der Waals surface area contributed by atoms with E-state index in [9.17, 15) is 17.6 Å². The van der Waals surface area contributed by atoms with E-state index in [1.165, 1.54) is 30.3 Å². The summed E-state index contributed by atoms with van der Waals surface area (Å²) in [6.07, 6.45) is 0. The van der Waals surface area contributed by atoms with E-state index in [1.54, 1.807) is 0 Å². The van der Waals surface area contributed by atoms with Gasteiger partial charge in [0.1, 0.15) is 10.9 Å². The number of benzene rings is 2. The second-order valence-corrected chi connectivity index (χ2v) is 9.25. The third kappa shape index (κ3) is 5.46. The van der Waals surface area contributed by atoms with Gasteiger partial charge in [0.25, 0.3) is 15.9 Å². The number of rotatable bonds is 6. The van der Waals surface area contributed by atoms with Crippen molar-refractivity contribution in [2.24, 2.45) is 5.14 Å². The normalized spacial score (nSPS) is 11.4. The summed E-state index contributed by atoms with van der Waals surface area (Å²) < 4.78 is 43.5. The number of nitrogens with zero attached hydrogens (tertiary/aromatic N) is 1. The van der Waals surface area contributed by atoms with E-state index in [0.717, 1.165) is 0 Å². The first-order chi connectivity index (χ1) is 14.5. The Morgan fingerprint density at radius 3 is 2.61 bits per heavy atom. The molecule has 0 unspecified atom stereocenters. The highest BCUT2D eigenvalue weighted by atomic mass is 79.9. The van der Waals surface area contributed by atoms with Crippen LogP contribution in [0.15, 0.2) is 40.0 Å². The van der Waals surface area contributed by atoms with E-state index in [-0.39, 0.29) is 28.8 Å². The van der Waals surface area contributed by atoms with Crippen molar-refractivity contribution in [3.63, 3.8) is 0 Å². The van der Waals surface area contributed by atoms with Crippen molar-refractivity contribution in [3.8, 4) is 11.5 Å². The number of aromatic nitrogens is 2. The lowest BCUT2D eigenvalue weighted by molar-refractivity contribution is 0.0946. The number of hydrogen-bond donors (Lipinski definition) is 4. The Morgan fingerprint density at radius 1 is 1.29 bits per heavy atom. The highest BCUT2D eigenvalue weighted by Gasteiger charge is 2.22.